The Bertz CT molecular complexity index is 424. The summed E-state index contributed by atoms with van der Waals surface area (Å²) in [6.07, 6.45) is 6.32. The molecule has 1 aliphatic heterocycles. The molecule has 1 saturated heterocycles. The molecule has 0 aliphatic carbocycles. The van der Waals surface area contributed by atoms with E-state index in [4.69, 9.17) is 0 Å². The van der Waals surface area contributed by atoms with Gasteiger partial charge in [0.25, 0.3) is 11.8 Å². The molecule has 1 fully saturated rings. The number of carbonyl (C=O) groups excluding carboxylic acids is 3. The number of allylic oxidation sites excluding steroid dienone is 3. The van der Waals surface area contributed by atoms with Crippen molar-refractivity contribution in [2.75, 3.05) is 0 Å². The van der Waals surface area contributed by atoms with Gasteiger partial charge in [-0.2, -0.15) is 0 Å². The monoisotopic (exact) mass is 264 g/mol. The van der Waals surface area contributed by atoms with Crippen molar-refractivity contribution >= 4 is 17.8 Å². The third-order valence-electron chi connectivity index (χ3n) is 2.77. The highest BCUT2D eigenvalue weighted by Gasteiger charge is 2.27. The van der Waals surface area contributed by atoms with Crippen LogP contribution in [0.5, 0.6) is 0 Å². The van der Waals surface area contributed by atoms with Crippen molar-refractivity contribution in [3.63, 3.8) is 0 Å². The van der Waals surface area contributed by atoms with Crippen LogP contribution in [0.4, 0.5) is 4.79 Å². The van der Waals surface area contributed by atoms with E-state index in [1.165, 1.54) is 5.57 Å². The lowest BCUT2D eigenvalue weighted by molar-refractivity contribution is -0.124. The van der Waals surface area contributed by atoms with Gasteiger partial charge in [-0.05, 0) is 39.0 Å². The van der Waals surface area contributed by atoms with Crippen LogP contribution < -0.4 is 10.6 Å². The summed E-state index contributed by atoms with van der Waals surface area (Å²) in [6, 6.07) is -0.760. The molecule has 1 rings (SSSR count). The van der Waals surface area contributed by atoms with E-state index in [-0.39, 0.29) is 5.57 Å². The minimum Gasteiger partial charge on any atom is -0.273 e. The van der Waals surface area contributed by atoms with Gasteiger partial charge in [-0.3, -0.25) is 20.2 Å². The number of rotatable bonds is 5. The molecule has 1 atom stereocenters. The van der Waals surface area contributed by atoms with Gasteiger partial charge < -0.3 is 0 Å². The summed E-state index contributed by atoms with van der Waals surface area (Å²) in [5.41, 5.74) is 1.31. The molecular weight excluding hydrogens is 244 g/mol. The van der Waals surface area contributed by atoms with Crippen molar-refractivity contribution in [1.82, 2.24) is 10.6 Å². The van der Waals surface area contributed by atoms with E-state index in [0.717, 1.165) is 12.8 Å². The summed E-state index contributed by atoms with van der Waals surface area (Å²) in [5, 5.41) is 4.10. The second-order valence-electron chi connectivity index (χ2n) is 5.01. The summed E-state index contributed by atoms with van der Waals surface area (Å²) >= 11 is 0. The van der Waals surface area contributed by atoms with Crippen LogP contribution >= 0.6 is 0 Å². The van der Waals surface area contributed by atoms with Crippen molar-refractivity contribution in [1.29, 1.82) is 0 Å². The Morgan fingerprint density at radius 2 is 1.74 bits per heavy atom. The maximum Gasteiger partial charge on any atom is 0.328 e. The van der Waals surface area contributed by atoms with E-state index >= 15 is 0 Å². The molecule has 0 radical (unpaired) electrons. The number of barbiturate groups is 1. The minimum absolute atomic E-state index is 0.0227. The standard InChI is InChI=1S/C14H20N2O3/c1-9(2)8-10(3)6-4-5-7-11-12(17)15-14(19)16-13(11)18/h7-8,10H,4-6H2,1-3H3,(H2,15,16,17,18,19)/t10-/m0/s1. The molecule has 0 aromatic carbocycles. The highest BCUT2D eigenvalue weighted by molar-refractivity contribution is 6.28. The van der Waals surface area contributed by atoms with Crippen LogP contribution in [0.15, 0.2) is 23.3 Å². The molecule has 2 N–H and O–H groups in total. The second-order valence-corrected chi connectivity index (χ2v) is 5.01. The van der Waals surface area contributed by atoms with E-state index in [1.807, 2.05) is 10.6 Å². The summed E-state index contributed by atoms with van der Waals surface area (Å²) in [5.74, 6) is -0.754. The van der Waals surface area contributed by atoms with Gasteiger partial charge in [0.05, 0.1) is 0 Å². The van der Waals surface area contributed by atoms with Gasteiger partial charge in [-0.25, -0.2) is 4.79 Å². The smallest absolute Gasteiger partial charge is 0.273 e. The molecule has 0 saturated carbocycles. The molecule has 1 heterocycles. The molecule has 5 heteroatoms. The lowest BCUT2D eigenvalue weighted by atomic mass is 10.0. The lowest BCUT2D eigenvalue weighted by Crippen LogP contribution is -2.51. The molecule has 0 spiro atoms. The molecule has 104 valence electrons. The Balaban J connectivity index is 2.44. The first kappa shape index (κ1) is 15.1. The van der Waals surface area contributed by atoms with E-state index in [2.05, 4.69) is 26.8 Å². The maximum absolute atomic E-state index is 11.4. The van der Waals surface area contributed by atoms with E-state index < -0.39 is 17.8 Å². The molecule has 4 amide bonds. The predicted molar refractivity (Wildman–Crippen MR) is 72.2 cm³/mol. The van der Waals surface area contributed by atoms with Crippen LogP contribution in [-0.4, -0.2) is 17.8 Å². The summed E-state index contributed by atoms with van der Waals surface area (Å²) in [6.45, 7) is 6.26. The van der Waals surface area contributed by atoms with Gasteiger partial charge in [0.1, 0.15) is 5.57 Å². The van der Waals surface area contributed by atoms with Crippen molar-refractivity contribution in [2.45, 2.75) is 40.0 Å². The Hall–Kier alpha value is -1.91. The molecule has 0 unspecified atom stereocenters. The van der Waals surface area contributed by atoms with Crippen LogP contribution in [0.25, 0.3) is 0 Å². The largest absolute Gasteiger partial charge is 0.328 e. The zero-order chi connectivity index (χ0) is 14.4. The number of hydrogen-bond donors (Lipinski definition) is 2. The number of urea groups is 1. The first-order chi connectivity index (χ1) is 8.90. The second kappa shape index (κ2) is 6.87. The Kier molecular flexibility index (Phi) is 5.48. The highest BCUT2D eigenvalue weighted by atomic mass is 16.2. The minimum atomic E-state index is -0.760. The fourth-order valence-electron chi connectivity index (χ4n) is 2.00. The SMILES string of the molecule is CC(C)=C[C@@H](C)CCCC=C1C(=O)NC(=O)NC1=O. The maximum atomic E-state index is 11.4. The van der Waals surface area contributed by atoms with E-state index in [1.54, 1.807) is 6.08 Å². The van der Waals surface area contributed by atoms with Crippen LogP contribution in [0, 0.1) is 5.92 Å². The number of unbranched alkanes of at least 4 members (excludes halogenated alkanes) is 1. The van der Waals surface area contributed by atoms with Gasteiger partial charge in [-0.15, -0.1) is 0 Å². The van der Waals surface area contributed by atoms with Crippen LogP contribution in [0.1, 0.15) is 40.0 Å². The molecule has 19 heavy (non-hydrogen) atoms. The fourth-order valence-corrected chi connectivity index (χ4v) is 2.00. The Morgan fingerprint density at radius 3 is 2.26 bits per heavy atom. The molecule has 1 aliphatic rings. The Morgan fingerprint density at radius 1 is 1.16 bits per heavy atom. The van der Waals surface area contributed by atoms with E-state index in [0.29, 0.717) is 12.3 Å². The highest BCUT2D eigenvalue weighted by Crippen LogP contribution is 2.13. The first-order valence-corrected chi connectivity index (χ1v) is 6.42. The van der Waals surface area contributed by atoms with Gasteiger partial charge in [-0.1, -0.05) is 24.6 Å². The molecule has 5 nitrogen and oxygen atoms in total. The van der Waals surface area contributed by atoms with Crippen molar-refractivity contribution in [2.24, 2.45) is 5.92 Å². The van der Waals surface area contributed by atoms with Crippen LogP contribution in [-0.2, 0) is 9.59 Å². The zero-order valence-corrected chi connectivity index (χ0v) is 11.6. The number of hydrogen-bond acceptors (Lipinski definition) is 3. The van der Waals surface area contributed by atoms with Crippen LogP contribution in [0.2, 0.25) is 0 Å². The topological polar surface area (TPSA) is 75.3 Å². The van der Waals surface area contributed by atoms with Crippen molar-refractivity contribution in [3.05, 3.63) is 23.3 Å². The summed E-state index contributed by atoms with van der Waals surface area (Å²) in [4.78, 5) is 33.7. The lowest BCUT2D eigenvalue weighted by Gasteiger charge is -2.14. The average Bonchev–Trinajstić information content (AvgIpc) is 2.25. The number of amides is 4. The van der Waals surface area contributed by atoms with Crippen molar-refractivity contribution < 1.29 is 14.4 Å². The summed E-state index contributed by atoms with van der Waals surface area (Å²) < 4.78 is 0. The predicted octanol–water partition coefficient (Wildman–Crippen LogP) is 2.05. The molecule has 0 aromatic heterocycles. The third-order valence-corrected chi connectivity index (χ3v) is 2.77. The number of carbonyl (C=O) groups is 3. The van der Waals surface area contributed by atoms with Gasteiger partial charge in [0, 0.05) is 0 Å². The van der Waals surface area contributed by atoms with Gasteiger partial charge >= 0.3 is 6.03 Å². The number of imide groups is 2. The summed E-state index contributed by atoms with van der Waals surface area (Å²) in [7, 11) is 0. The Labute approximate surface area is 113 Å². The molecular formula is C14H20N2O3. The average molecular weight is 264 g/mol. The fraction of sp³-hybridized carbons (Fsp3) is 0.500. The molecule has 0 bridgehead atoms. The van der Waals surface area contributed by atoms with Crippen molar-refractivity contribution in [3.8, 4) is 0 Å². The number of nitrogens with one attached hydrogen (secondary N) is 2. The van der Waals surface area contributed by atoms with Crippen LogP contribution in [0.3, 0.4) is 0 Å². The van der Waals surface area contributed by atoms with Gasteiger partial charge in [0.15, 0.2) is 0 Å². The first-order valence-electron chi connectivity index (χ1n) is 6.42. The van der Waals surface area contributed by atoms with E-state index in [9.17, 15) is 14.4 Å². The zero-order valence-electron chi connectivity index (χ0n) is 11.6. The molecule has 0 aromatic rings. The normalized spacial score (nSPS) is 16.6. The van der Waals surface area contributed by atoms with Gasteiger partial charge in [0.2, 0.25) is 0 Å². The third kappa shape index (κ3) is 5.07. The quantitative estimate of drug-likeness (QED) is 0.345.